The predicted molar refractivity (Wildman–Crippen MR) is 255 cm³/mol. The van der Waals surface area contributed by atoms with Crippen molar-refractivity contribution < 1.29 is 24.5 Å². The number of hydrogen-bond donors (Lipinski definition) is 3. The van der Waals surface area contributed by atoms with E-state index in [4.69, 9.17) is 4.74 Å². The van der Waals surface area contributed by atoms with Crippen LogP contribution in [0.25, 0.3) is 0 Å². The fourth-order valence-corrected chi connectivity index (χ4v) is 7.93. The van der Waals surface area contributed by atoms with Gasteiger partial charge in [0.1, 0.15) is 0 Å². The van der Waals surface area contributed by atoms with Crippen molar-refractivity contribution in [1.82, 2.24) is 5.32 Å². The number of unbranched alkanes of at least 4 members (excludes halogenated alkanes) is 35. The molecule has 0 rings (SSSR count). The Bertz CT molecular complexity index is 920. The van der Waals surface area contributed by atoms with E-state index in [1.807, 2.05) is 6.08 Å². The second-order valence-corrected chi connectivity index (χ2v) is 17.9. The Balaban J connectivity index is 3.57. The largest absolute Gasteiger partial charge is 0.466 e. The first-order chi connectivity index (χ1) is 29.0. The summed E-state index contributed by atoms with van der Waals surface area (Å²) in [6.45, 7) is 4.82. The van der Waals surface area contributed by atoms with E-state index in [2.05, 4.69) is 31.3 Å². The normalized spacial score (nSPS) is 12.8. The molecule has 0 bridgehead atoms. The number of carbonyl (C=O) groups is 2. The molecular formula is C53H101NO5. The molecule has 0 fully saturated rings. The highest BCUT2D eigenvalue weighted by atomic mass is 16.5. The van der Waals surface area contributed by atoms with Crippen LogP contribution in [0.5, 0.6) is 0 Å². The van der Waals surface area contributed by atoms with Crippen LogP contribution >= 0.6 is 0 Å². The summed E-state index contributed by atoms with van der Waals surface area (Å²) in [5.41, 5.74) is 0. The third kappa shape index (κ3) is 45.7. The maximum atomic E-state index is 12.4. The number of hydrogen-bond acceptors (Lipinski definition) is 5. The molecule has 0 saturated heterocycles. The fraction of sp³-hybridized carbons (Fsp3) is 0.887. The average molecular weight is 832 g/mol. The molecular weight excluding hydrogens is 731 g/mol. The van der Waals surface area contributed by atoms with Crippen molar-refractivity contribution in [2.45, 2.75) is 289 Å². The Labute approximate surface area is 367 Å². The number of nitrogens with one attached hydrogen (secondary N) is 1. The second kappa shape index (κ2) is 49.0. The van der Waals surface area contributed by atoms with Gasteiger partial charge < -0.3 is 20.3 Å². The molecule has 0 heterocycles. The molecule has 2 atom stereocenters. The van der Waals surface area contributed by atoms with Crippen molar-refractivity contribution in [2.24, 2.45) is 0 Å². The smallest absolute Gasteiger partial charge is 0.305 e. The predicted octanol–water partition coefficient (Wildman–Crippen LogP) is 15.5. The summed E-state index contributed by atoms with van der Waals surface area (Å²) in [5, 5.41) is 23.0. The van der Waals surface area contributed by atoms with Gasteiger partial charge in [-0.3, -0.25) is 9.59 Å². The molecule has 0 aromatic heterocycles. The van der Waals surface area contributed by atoms with Crippen LogP contribution in [-0.2, 0) is 14.3 Å². The number of rotatable bonds is 48. The van der Waals surface area contributed by atoms with E-state index in [0.29, 0.717) is 19.4 Å². The number of carbonyl (C=O) groups excluding carboxylic acids is 2. The summed E-state index contributed by atoms with van der Waals surface area (Å²) in [4.78, 5) is 24.4. The van der Waals surface area contributed by atoms with Gasteiger partial charge in [0.15, 0.2) is 0 Å². The highest BCUT2D eigenvalue weighted by Gasteiger charge is 2.17. The van der Waals surface area contributed by atoms with Gasteiger partial charge in [-0.1, -0.05) is 237 Å². The van der Waals surface area contributed by atoms with Gasteiger partial charge in [0, 0.05) is 12.8 Å². The van der Waals surface area contributed by atoms with Gasteiger partial charge in [-0.15, -0.1) is 0 Å². The number of aliphatic hydroxyl groups excluding tert-OH is 2. The lowest BCUT2D eigenvalue weighted by Crippen LogP contribution is -2.45. The van der Waals surface area contributed by atoms with Gasteiger partial charge in [0.05, 0.1) is 25.4 Å². The van der Waals surface area contributed by atoms with Crippen molar-refractivity contribution in [3.05, 3.63) is 24.3 Å². The summed E-state index contributed by atoms with van der Waals surface area (Å²) in [7, 11) is 0. The summed E-state index contributed by atoms with van der Waals surface area (Å²) in [6.07, 6.45) is 57.6. The summed E-state index contributed by atoms with van der Waals surface area (Å²) in [6, 6.07) is -0.664. The van der Waals surface area contributed by atoms with Crippen molar-refractivity contribution in [2.75, 3.05) is 13.2 Å². The maximum Gasteiger partial charge on any atom is 0.305 e. The Morgan fingerprint density at radius 1 is 0.458 bits per heavy atom. The molecule has 0 aromatic rings. The van der Waals surface area contributed by atoms with Crippen LogP contribution in [0, 0.1) is 0 Å². The molecule has 1 amide bonds. The SMILES string of the molecule is CCCCCCCCCCCCCCCCCC/C=C/C(O)C(CO)NC(=O)CCC/C=C\CCCCCCOC(=O)CCCCCCCCCCCCCCCCC. The van der Waals surface area contributed by atoms with Crippen LogP contribution in [0.3, 0.4) is 0 Å². The lowest BCUT2D eigenvalue weighted by atomic mass is 10.0. The minimum Gasteiger partial charge on any atom is -0.466 e. The average Bonchev–Trinajstić information content (AvgIpc) is 3.24. The monoisotopic (exact) mass is 832 g/mol. The molecule has 0 aliphatic heterocycles. The maximum absolute atomic E-state index is 12.4. The van der Waals surface area contributed by atoms with E-state index in [-0.39, 0.29) is 18.5 Å². The van der Waals surface area contributed by atoms with E-state index in [1.165, 1.54) is 180 Å². The van der Waals surface area contributed by atoms with Gasteiger partial charge in [-0.2, -0.15) is 0 Å². The minimum atomic E-state index is -0.874. The molecule has 0 aromatic carbocycles. The molecule has 6 heteroatoms. The first-order valence-corrected chi connectivity index (χ1v) is 26.1. The standard InChI is InChI=1S/C53H101NO5/c1-3-5-7-9-11-13-15-17-19-20-21-23-24-26-29-33-37-41-45-51(56)50(49-55)54-52(57)46-42-38-34-30-28-32-36-40-44-48-59-53(58)47-43-39-35-31-27-25-22-18-16-14-12-10-8-6-4-2/h30,34,41,45,50-51,55-56H,3-29,31-33,35-40,42-44,46-49H2,1-2H3,(H,54,57)/b34-30-,45-41+. The van der Waals surface area contributed by atoms with Gasteiger partial charge in [-0.25, -0.2) is 0 Å². The quantitative estimate of drug-likeness (QED) is 0.0322. The van der Waals surface area contributed by atoms with Crippen LogP contribution < -0.4 is 5.32 Å². The summed E-state index contributed by atoms with van der Waals surface area (Å²) in [5.74, 6) is -0.162. The molecule has 0 saturated carbocycles. The number of aliphatic hydroxyl groups is 2. The van der Waals surface area contributed by atoms with Crippen molar-refractivity contribution in [1.29, 1.82) is 0 Å². The topological polar surface area (TPSA) is 95.9 Å². The first kappa shape index (κ1) is 57.3. The second-order valence-electron chi connectivity index (χ2n) is 17.9. The third-order valence-corrected chi connectivity index (χ3v) is 12.0. The van der Waals surface area contributed by atoms with Crippen molar-refractivity contribution in [3.63, 3.8) is 0 Å². The van der Waals surface area contributed by atoms with Gasteiger partial charge in [0.25, 0.3) is 0 Å². The van der Waals surface area contributed by atoms with E-state index in [9.17, 15) is 19.8 Å². The van der Waals surface area contributed by atoms with Crippen LogP contribution in [0.15, 0.2) is 24.3 Å². The molecule has 0 spiro atoms. The minimum absolute atomic E-state index is 0.0351. The highest BCUT2D eigenvalue weighted by molar-refractivity contribution is 5.76. The van der Waals surface area contributed by atoms with E-state index in [0.717, 1.165) is 70.6 Å². The van der Waals surface area contributed by atoms with Crippen LogP contribution in [0.1, 0.15) is 277 Å². The molecule has 2 unspecified atom stereocenters. The van der Waals surface area contributed by atoms with Gasteiger partial charge in [0.2, 0.25) is 5.91 Å². The Kier molecular flexibility index (Phi) is 47.6. The summed E-state index contributed by atoms with van der Waals surface area (Å²) < 4.78 is 5.44. The molecule has 59 heavy (non-hydrogen) atoms. The van der Waals surface area contributed by atoms with Gasteiger partial charge in [-0.05, 0) is 51.4 Å². The Morgan fingerprint density at radius 2 is 0.814 bits per heavy atom. The number of amides is 1. The number of ether oxygens (including phenoxy) is 1. The van der Waals surface area contributed by atoms with Crippen LogP contribution in [0.2, 0.25) is 0 Å². The molecule has 0 radical (unpaired) electrons. The Hall–Kier alpha value is -1.66. The third-order valence-electron chi connectivity index (χ3n) is 12.0. The highest BCUT2D eigenvalue weighted by Crippen LogP contribution is 2.16. The van der Waals surface area contributed by atoms with E-state index in [1.54, 1.807) is 6.08 Å². The zero-order chi connectivity index (χ0) is 43.0. The van der Waals surface area contributed by atoms with Crippen molar-refractivity contribution in [3.8, 4) is 0 Å². The van der Waals surface area contributed by atoms with Crippen molar-refractivity contribution >= 4 is 11.9 Å². The summed E-state index contributed by atoms with van der Waals surface area (Å²) >= 11 is 0. The van der Waals surface area contributed by atoms with Crippen LogP contribution in [-0.4, -0.2) is 47.4 Å². The van der Waals surface area contributed by atoms with Gasteiger partial charge >= 0.3 is 5.97 Å². The first-order valence-electron chi connectivity index (χ1n) is 26.1. The molecule has 3 N–H and O–H groups in total. The molecule has 348 valence electrons. The number of esters is 1. The van der Waals surface area contributed by atoms with E-state index >= 15 is 0 Å². The lowest BCUT2D eigenvalue weighted by Gasteiger charge is -2.19. The molecule has 0 aliphatic carbocycles. The van der Waals surface area contributed by atoms with Crippen LogP contribution in [0.4, 0.5) is 0 Å². The Morgan fingerprint density at radius 3 is 1.24 bits per heavy atom. The number of allylic oxidation sites excluding steroid dienone is 3. The fourth-order valence-electron chi connectivity index (χ4n) is 7.93. The zero-order valence-corrected chi connectivity index (χ0v) is 39.5. The molecule has 6 nitrogen and oxygen atoms in total. The molecule has 0 aliphatic rings. The zero-order valence-electron chi connectivity index (χ0n) is 39.5. The van der Waals surface area contributed by atoms with E-state index < -0.39 is 12.1 Å². The lowest BCUT2D eigenvalue weighted by molar-refractivity contribution is -0.143.